The summed E-state index contributed by atoms with van der Waals surface area (Å²) in [5.41, 5.74) is -0.203. The van der Waals surface area contributed by atoms with E-state index < -0.39 is 11.8 Å². The molecule has 1 saturated carbocycles. The van der Waals surface area contributed by atoms with E-state index in [1.807, 2.05) is 13.8 Å². The third kappa shape index (κ3) is 1.88. The number of hydrogen-bond donors (Lipinski definition) is 1. The molecule has 4 nitrogen and oxygen atoms in total. The maximum atomic E-state index is 11.4. The minimum Gasteiger partial charge on any atom is -0.481 e. The van der Waals surface area contributed by atoms with E-state index in [4.69, 9.17) is 9.47 Å². The van der Waals surface area contributed by atoms with Crippen molar-refractivity contribution in [2.75, 3.05) is 6.61 Å². The van der Waals surface area contributed by atoms with Gasteiger partial charge in [0.15, 0.2) is 5.79 Å². The Morgan fingerprint density at radius 1 is 1.50 bits per heavy atom. The summed E-state index contributed by atoms with van der Waals surface area (Å²) in [6.45, 7) is 4.38. The van der Waals surface area contributed by atoms with Crippen LogP contribution in [0.25, 0.3) is 0 Å². The molecule has 4 heteroatoms. The molecule has 1 heterocycles. The van der Waals surface area contributed by atoms with Gasteiger partial charge in [0.25, 0.3) is 0 Å². The lowest BCUT2D eigenvalue weighted by Gasteiger charge is -2.31. The van der Waals surface area contributed by atoms with E-state index in [1.54, 1.807) is 0 Å². The number of hydrogen-bond acceptors (Lipinski definition) is 3. The quantitative estimate of drug-likeness (QED) is 0.782. The van der Waals surface area contributed by atoms with Crippen LogP contribution in [0.1, 0.15) is 33.1 Å². The Hall–Kier alpha value is -0.870. The smallest absolute Gasteiger partial charge is 0.307 e. The lowest BCUT2D eigenvalue weighted by molar-refractivity contribution is -0.148. The number of ether oxygens (including phenoxy) is 2. The summed E-state index contributed by atoms with van der Waals surface area (Å²) in [7, 11) is 0. The average molecular weight is 252 g/mol. The van der Waals surface area contributed by atoms with Crippen molar-refractivity contribution < 1.29 is 19.4 Å². The van der Waals surface area contributed by atoms with Crippen molar-refractivity contribution in [3.8, 4) is 0 Å². The lowest BCUT2D eigenvalue weighted by atomic mass is 9.74. The monoisotopic (exact) mass is 252 g/mol. The van der Waals surface area contributed by atoms with Gasteiger partial charge in [-0.1, -0.05) is 12.2 Å². The van der Waals surface area contributed by atoms with E-state index in [2.05, 4.69) is 12.2 Å². The number of carboxylic acid groups (broad SMARTS) is 1. The third-order valence-electron chi connectivity index (χ3n) is 4.55. The molecule has 4 unspecified atom stereocenters. The molecule has 0 amide bonds. The van der Waals surface area contributed by atoms with Crippen molar-refractivity contribution in [2.24, 2.45) is 17.3 Å². The van der Waals surface area contributed by atoms with Crippen LogP contribution in [0, 0.1) is 17.3 Å². The van der Waals surface area contributed by atoms with Gasteiger partial charge >= 0.3 is 5.97 Å². The Labute approximate surface area is 107 Å². The van der Waals surface area contributed by atoms with Crippen molar-refractivity contribution in [3.63, 3.8) is 0 Å². The molecule has 1 N–H and O–H groups in total. The van der Waals surface area contributed by atoms with E-state index in [9.17, 15) is 9.90 Å². The molecule has 0 spiro atoms. The minimum atomic E-state index is -0.667. The zero-order valence-corrected chi connectivity index (χ0v) is 10.9. The highest BCUT2D eigenvalue weighted by Gasteiger charge is 2.53. The SMILES string of the molecule is CC1(C)OCC(CC23C=CC(CC2C(=O)O)C3)O1. The van der Waals surface area contributed by atoms with Gasteiger partial charge in [-0.2, -0.15) is 0 Å². The number of carbonyl (C=O) groups is 1. The molecule has 3 aliphatic rings. The van der Waals surface area contributed by atoms with Crippen LogP contribution in [-0.4, -0.2) is 29.6 Å². The summed E-state index contributed by atoms with van der Waals surface area (Å²) < 4.78 is 11.4. The van der Waals surface area contributed by atoms with E-state index in [0.29, 0.717) is 12.5 Å². The third-order valence-corrected chi connectivity index (χ3v) is 4.55. The van der Waals surface area contributed by atoms with Gasteiger partial charge in [0.05, 0.1) is 18.6 Å². The highest BCUT2D eigenvalue weighted by Crippen LogP contribution is 2.56. The maximum Gasteiger partial charge on any atom is 0.307 e. The van der Waals surface area contributed by atoms with Crippen LogP contribution in [0.4, 0.5) is 0 Å². The van der Waals surface area contributed by atoms with Gasteiger partial charge < -0.3 is 14.6 Å². The van der Waals surface area contributed by atoms with Gasteiger partial charge in [-0.3, -0.25) is 4.79 Å². The van der Waals surface area contributed by atoms with Gasteiger partial charge in [-0.25, -0.2) is 0 Å². The van der Waals surface area contributed by atoms with Crippen LogP contribution < -0.4 is 0 Å². The van der Waals surface area contributed by atoms with E-state index in [1.165, 1.54) is 0 Å². The number of rotatable bonds is 3. The molecule has 2 bridgehead atoms. The highest BCUT2D eigenvalue weighted by molar-refractivity contribution is 5.72. The van der Waals surface area contributed by atoms with Gasteiger partial charge in [0.1, 0.15) is 0 Å². The second kappa shape index (κ2) is 3.81. The summed E-state index contributed by atoms with van der Waals surface area (Å²) in [4.78, 5) is 11.4. The number of carboxylic acids is 1. The fourth-order valence-corrected chi connectivity index (χ4v) is 3.84. The molecule has 100 valence electrons. The fraction of sp³-hybridized carbons (Fsp3) is 0.786. The zero-order valence-electron chi connectivity index (χ0n) is 10.9. The van der Waals surface area contributed by atoms with Gasteiger partial charge in [0.2, 0.25) is 0 Å². The topological polar surface area (TPSA) is 55.8 Å². The summed E-state index contributed by atoms with van der Waals surface area (Å²) in [6.07, 6.45) is 6.83. The predicted octanol–water partition coefficient (Wildman–Crippen LogP) is 2.20. The van der Waals surface area contributed by atoms with Gasteiger partial charge in [0, 0.05) is 5.41 Å². The molecule has 1 aliphatic heterocycles. The normalized spacial score (nSPS) is 44.7. The van der Waals surface area contributed by atoms with Crippen LogP contribution in [0.2, 0.25) is 0 Å². The first-order valence-electron chi connectivity index (χ1n) is 6.64. The highest BCUT2D eigenvalue weighted by atomic mass is 16.7. The summed E-state index contributed by atoms with van der Waals surface area (Å²) in [5, 5.41) is 9.37. The number of allylic oxidation sites excluding steroid dienone is 2. The molecular formula is C14H20O4. The summed E-state index contributed by atoms with van der Waals surface area (Å²) >= 11 is 0. The van der Waals surface area contributed by atoms with Crippen LogP contribution in [0.3, 0.4) is 0 Å². The minimum absolute atomic E-state index is 0.0170. The Kier molecular flexibility index (Phi) is 2.58. The second-order valence-corrected chi connectivity index (χ2v) is 6.34. The van der Waals surface area contributed by atoms with E-state index in [0.717, 1.165) is 19.3 Å². The maximum absolute atomic E-state index is 11.4. The first-order chi connectivity index (χ1) is 8.40. The van der Waals surface area contributed by atoms with Gasteiger partial charge in [-0.15, -0.1) is 0 Å². The predicted molar refractivity (Wildman–Crippen MR) is 64.9 cm³/mol. The second-order valence-electron chi connectivity index (χ2n) is 6.34. The van der Waals surface area contributed by atoms with Crippen LogP contribution >= 0.6 is 0 Å². The first kappa shape index (κ1) is 12.2. The molecule has 1 saturated heterocycles. The molecule has 0 aromatic carbocycles. The van der Waals surface area contributed by atoms with Crippen molar-refractivity contribution in [1.82, 2.24) is 0 Å². The van der Waals surface area contributed by atoms with Crippen LogP contribution in [-0.2, 0) is 14.3 Å². The van der Waals surface area contributed by atoms with Crippen LogP contribution in [0.5, 0.6) is 0 Å². The fourth-order valence-electron chi connectivity index (χ4n) is 3.84. The Bertz CT molecular complexity index is 401. The number of fused-ring (bicyclic) bond motifs is 2. The molecule has 2 aliphatic carbocycles. The van der Waals surface area contributed by atoms with E-state index in [-0.39, 0.29) is 17.4 Å². The Balaban J connectivity index is 1.75. The molecular weight excluding hydrogens is 232 g/mol. The average Bonchev–Trinajstić information content (AvgIpc) is 2.90. The molecule has 0 radical (unpaired) electrons. The van der Waals surface area contributed by atoms with Crippen LogP contribution in [0.15, 0.2) is 12.2 Å². The lowest BCUT2D eigenvalue weighted by Crippen LogP contribution is -2.34. The van der Waals surface area contributed by atoms with Gasteiger partial charge in [-0.05, 0) is 39.0 Å². The van der Waals surface area contributed by atoms with Crippen molar-refractivity contribution in [2.45, 2.75) is 45.0 Å². The summed E-state index contributed by atoms with van der Waals surface area (Å²) in [6, 6.07) is 0. The Morgan fingerprint density at radius 2 is 2.28 bits per heavy atom. The summed E-state index contributed by atoms with van der Waals surface area (Å²) in [5.74, 6) is -0.998. The molecule has 18 heavy (non-hydrogen) atoms. The molecule has 0 aromatic heterocycles. The standard InChI is InChI=1S/C14H20O4/c1-13(2)17-8-10(18-13)7-14-4-3-9(6-14)5-11(14)12(15)16/h3-4,9-11H,5-8H2,1-2H3,(H,15,16). The molecule has 2 fully saturated rings. The molecule has 3 rings (SSSR count). The van der Waals surface area contributed by atoms with Crippen molar-refractivity contribution >= 4 is 5.97 Å². The van der Waals surface area contributed by atoms with Crippen molar-refractivity contribution in [1.29, 1.82) is 0 Å². The largest absolute Gasteiger partial charge is 0.481 e. The van der Waals surface area contributed by atoms with Crippen molar-refractivity contribution in [3.05, 3.63) is 12.2 Å². The molecule has 4 atom stereocenters. The number of aliphatic carboxylic acids is 1. The molecule has 0 aromatic rings. The Morgan fingerprint density at radius 3 is 2.83 bits per heavy atom. The first-order valence-corrected chi connectivity index (χ1v) is 6.64. The zero-order chi connectivity index (χ0) is 13.0. The van der Waals surface area contributed by atoms with E-state index >= 15 is 0 Å².